The quantitative estimate of drug-likeness (QED) is 0.498. The number of methoxy groups -OCH3 is 1. The van der Waals surface area contributed by atoms with Crippen molar-refractivity contribution in [2.24, 2.45) is 0 Å². The lowest BCUT2D eigenvalue weighted by Gasteiger charge is -2.28. The van der Waals surface area contributed by atoms with Crippen LogP contribution in [0.2, 0.25) is 5.28 Å². The highest BCUT2D eigenvalue weighted by atomic mass is 35.5. The van der Waals surface area contributed by atoms with Crippen molar-refractivity contribution >= 4 is 50.9 Å². The molecule has 0 bridgehead atoms. The number of nitrogens with zero attached hydrogens (tertiary/aromatic N) is 6. The molecule has 164 valence electrons. The number of carboxylic acid groups (broad SMARTS) is 1. The molecule has 4 rings (SSSR count). The molecule has 0 spiro atoms. The number of morpholine rings is 1. The minimum Gasteiger partial charge on any atom is -0.478 e. The third-order valence-corrected chi connectivity index (χ3v) is 6.04. The van der Waals surface area contributed by atoms with Gasteiger partial charge >= 0.3 is 5.97 Å². The van der Waals surface area contributed by atoms with E-state index in [0.29, 0.717) is 38.9 Å². The first-order valence-electron chi connectivity index (χ1n) is 9.63. The molecular formula is C19H21ClN6O4S. The van der Waals surface area contributed by atoms with Crippen molar-refractivity contribution in [1.29, 1.82) is 0 Å². The molecule has 0 radical (unpaired) electrons. The van der Waals surface area contributed by atoms with E-state index in [0.717, 1.165) is 34.0 Å². The van der Waals surface area contributed by atoms with Gasteiger partial charge in [-0.25, -0.2) is 19.7 Å². The lowest BCUT2D eigenvalue weighted by atomic mass is 10.3. The van der Waals surface area contributed by atoms with Gasteiger partial charge in [0.2, 0.25) is 11.2 Å². The smallest absolute Gasteiger partial charge is 0.338 e. The molecule has 0 atom stereocenters. The third-order valence-electron chi connectivity index (χ3n) is 4.77. The van der Waals surface area contributed by atoms with Crippen molar-refractivity contribution in [3.05, 3.63) is 34.2 Å². The Labute approximate surface area is 187 Å². The van der Waals surface area contributed by atoms with Gasteiger partial charge in [0, 0.05) is 44.0 Å². The molecule has 1 N–H and O–H groups in total. The molecule has 12 heteroatoms. The first-order valence-corrected chi connectivity index (χ1v) is 10.8. The summed E-state index contributed by atoms with van der Waals surface area (Å²) in [6.45, 7) is 4.32. The van der Waals surface area contributed by atoms with Crippen molar-refractivity contribution in [2.75, 3.05) is 56.4 Å². The Bertz CT molecular complexity index is 1060. The summed E-state index contributed by atoms with van der Waals surface area (Å²) in [6.07, 6.45) is 2.61. The van der Waals surface area contributed by atoms with Crippen LogP contribution < -0.4 is 9.80 Å². The maximum Gasteiger partial charge on any atom is 0.338 e. The highest BCUT2D eigenvalue weighted by molar-refractivity contribution is 7.19. The van der Waals surface area contributed by atoms with Crippen molar-refractivity contribution in [2.45, 2.75) is 6.54 Å². The molecule has 1 aliphatic heterocycles. The second kappa shape index (κ2) is 9.69. The second-order valence-electron chi connectivity index (χ2n) is 6.83. The molecule has 10 nitrogen and oxygen atoms in total. The van der Waals surface area contributed by atoms with Gasteiger partial charge in [0.1, 0.15) is 0 Å². The van der Waals surface area contributed by atoms with Crippen LogP contribution in [-0.2, 0) is 16.0 Å². The Morgan fingerprint density at radius 2 is 2.06 bits per heavy atom. The molecule has 1 fully saturated rings. The lowest BCUT2D eigenvalue weighted by Crippen LogP contribution is -2.36. The van der Waals surface area contributed by atoms with E-state index in [1.807, 2.05) is 11.0 Å². The highest BCUT2D eigenvalue weighted by Crippen LogP contribution is 2.34. The number of aromatic carboxylic acids is 1. The molecule has 1 aliphatic rings. The van der Waals surface area contributed by atoms with Gasteiger partial charge in [-0.2, -0.15) is 4.98 Å². The Morgan fingerprint density at radius 3 is 2.74 bits per heavy atom. The Morgan fingerprint density at radius 1 is 1.32 bits per heavy atom. The van der Waals surface area contributed by atoms with Crippen LogP contribution in [0.4, 0.5) is 11.8 Å². The molecule has 3 aromatic heterocycles. The van der Waals surface area contributed by atoms with Crippen LogP contribution in [-0.4, -0.2) is 77.6 Å². The molecule has 3 aromatic rings. The monoisotopic (exact) mass is 464 g/mol. The summed E-state index contributed by atoms with van der Waals surface area (Å²) >= 11 is 7.78. The zero-order valence-electron chi connectivity index (χ0n) is 16.8. The molecule has 31 heavy (non-hydrogen) atoms. The summed E-state index contributed by atoms with van der Waals surface area (Å²) in [5.74, 6) is 0.183. The van der Waals surface area contributed by atoms with E-state index in [4.69, 9.17) is 26.2 Å². The summed E-state index contributed by atoms with van der Waals surface area (Å²) in [5.41, 5.74) is 0.827. The van der Waals surface area contributed by atoms with Crippen LogP contribution in [0.3, 0.4) is 0 Å². The summed E-state index contributed by atoms with van der Waals surface area (Å²) in [4.78, 5) is 33.5. The van der Waals surface area contributed by atoms with E-state index in [1.165, 1.54) is 12.4 Å². The zero-order valence-corrected chi connectivity index (χ0v) is 18.4. The number of carbonyl (C=O) groups is 1. The minimum atomic E-state index is -1.06. The van der Waals surface area contributed by atoms with E-state index in [-0.39, 0.29) is 10.8 Å². The van der Waals surface area contributed by atoms with Crippen molar-refractivity contribution in [1.82, 2.24) is 19.9 Å². The molecule has 0 amide bonds. The highest BCUT2D eigenvalue weighted by Gasteiger charge is 2.20. The fourth-order valence-corrected chi connectivity index (χ4v) is 4.54. The number of hydrogen-bond donors (Lipinski definition) is 1. The summed E-state index contributed by atoms with van der Waals surface area (Å²) in [6, 6.07) is 1.99. The fraction of sp³-hybridized carbons (Fsp3) is 0.421. The number of rotatable bonds is 8. The molecule has 0 saturated carbocycles. The Balaban J connectivity index is 1.63. The zero-order chi connectivity index (χ0) is 21.8. The molecule has 0 aliphatic carbocycles. The number of halogens is 1. The largest absolute Gasteiger partial charge is 0.478 e. The molecule has 4 heterocycles. The average Bonchev–Trinajstić information content (AvgIpc) is 3.19. The number of hydrogen-bond acceptors (Lipinski definition) is 10. The van der Waals surface area contributed by atoms with Crippen LogP contribution in [0.5, 0.6) is 0 Å². The van der Waals surface area contributed by atoms with Crippen molar-refractivity contribution in [3.63, 3.8) is 0 Å². The second-order valence-corrected chi connectivity index (χ2v) is 8.31. The van der Waals surface area contributed by atoms with Gasteiger partial charge in [-0.15, -0.1) is 11.3 Å². The predicted octanol–water partition coefficient (Wildman–Crippen LogP) is 2.32. The summed E-state index contributed by atoms with van der Waals surface area (Å²) in [5, 5.41) is 9.29. The summed E-state index contributed by atoms with van der Waals surface area (Å²) in [7, 11) is 1.62. The van der Waals surface area contributed by atoms with Gasteiger partial charge in [0.05, 0.1) is 42.1 Å². The predicted molar refractivity (Wildman–Crippen MR) is 117 cm³/mol. The maximum atomic E-state index is 11.1. The van der Waals surface area contributed by atoms with Crippen LogP contribution in [0, 0.1) is 0 Å². The van der Waals surface area contributed by atoms with Crippen molar-refractivity contribution in [3.8, 4) is 0 Å². The Kier molecular flexibility index (Phi) is 6.76. The van der Waals surface area contributed by atoms with E-state index in [9.17, 15) is 4.79 Å². The van der Waals surface area contributed by atoms with Gasteiger partial charge in [-0.3, -0.25) is 0 Å². The lowest BCUT2D eigenvalue weighted by molar-refractivity contribution is 0.0696. The number of aromatic nitrogens is 4. The minimum absolute atomic E-state index is 0.0392. The first kappa shape index (κ1) is 21.6. The number of fused-ring (bicyclic) bond motifs is 1. The maximum absolute atomic E-state index is 11.1. The van der Waals surface area contributed by atoms with Crippen LogP contribution >= 0.6 is 22.9 Å². The van der Waals surface area contributed by atoms with E-state index < -0.39 is 5.97 Å². The molecular weight excluding hydrogens is 444 g/mol. The number of ether oxygens (including phenoxy) is 2. The van der Waals surface area contributed by atoms with Crippen LogP contribution in [0.15, 0.2) is 18.5 Å². The molecule has 1 saturated heterocycles. The fourth-order valence-electron chi connectivity index (χ4n) is 3.24. The topological polar surface area (TPSA) is 114 Å². The van der Waals surface area contributed by atoms with Gasteiger partial charge < -0.3 is 24.4 Å². The van der Waals surface area contributed by atoms with Gasteiger partial charge in [-0.05, 0) is 17.7 Å². The first-order chi connectivity index (χ1) is 15.0. The van der Waals surface area contributed by atoms with E-state index in [1.54, 1.807) is 18.4 Å². The SMILES string of the molecule is COCCN(Cc1cc2nc(Cl)nc(N3CCOCC3)c2s1)c1ncc(C(=O)O)cn1. The number of anilines is 2. The number of thiophene rings is 1. The van der Waals surface area contributed by atoms with Gasteiger partial charge in [0.15, 0.2) is 5.82 Å². The van der Waals surface area contributed by atoms with Crippen LogP contribution in [0.1, 0.15) is 15.2 Å². The van der Waals surface area contributed by atoms with Crippen molar-refractivity contribution < 1.29 is 19.4 Å². The normalized spacial score (nSPS) is 14.2. The molecule has 0 aromatic carbocycles. The van der Waals surface area contributed by atoms with E-state index >= 15 is 0 Å². The van der Waals surface area contributed by atoms with E-state index in [2.05, 4.69) is 24.8 Å². The average molecular weight is 465 g/mol. The Hall–Kier alpha value is -2.60. The van der Waals surface area contributed by atoms with Gasteiger partial charge in [-0.1, -0.05) is 0 Å². The molecule has 0 unspecified atom stereocenters. The number of carboxylic acids is 1. The summed E-state index contributed by atoms with van der Waals surface area (Å²) < 4.78 is 11.6. The standard InChI is InChI=1S/C19H21ClN6O4S/c1-29-5-2-26(19-21-9-12(10-22-19)17(27)28)11-13-8-14-15(31-13)16(24-18(20)23-14)25-3-6-30-7-4-25/h8-10H,2-7,11H2,1H3,(H,27,28). The van der Waals surface area contributed by atoms with Gasteiger partial charge in [0.25, 0.3) is 0 Å². The van der Waals surface area contributed by atoms with Crippen LogP contribution in [0.25, 0.3) is 10.2 Å². The third kappa shape index (κ3) is 5.01.